The van der Waals surface area contributed by atoms with Gasteiger partial charge in [-0.2, -0.15) is 5.10 Å². The molecule has 0 saturated heterocycles. The van der Waals surface area contributed by atoms with Crippen molar-refractivity contribution in [3.05, 3.63) is 75.1 Å². The number of nitrogens with one attached hydrogen (secondary N) is 1. The van der Waals surface area contributed by atoms with Gasteiger partial charge in [0.1, 0.15) is 13.2 Å². The summed E-state index contributed by atoms with van der Waals surface area (Å²) in [5.74, 6) is 0.750. The van der Waals surface area contributed by atoms with E-state index in [0.29, 0.717) is 41.0 Å². The van der Waals surface area contributed by atoms with Gasteiger partial charge in [0.15, 0.2) is 11.5 Å². The number of fused-ring (bicyclic) bond motifs is 1. The molecule has 0 spiro atoms. The van der Waals surface area contributed by atoms with E-state index >= 15 is 0 Å². The lowest BCUT2D eigenvalue weighted by Crippen LogP contribution is -2.23. The number of hydrogen-bond donors (Lipinski definition) is 1. The Balaban J connectivity index is 1.43. The Morgan fingerprint density at radius 2 is 2.00 bits per heavy atom. The van der Waals surface area contributed by atoms with Crippen molar-refractivity contribution in [3.8, 4) is 17.2 Å². The summed E-state index contributed by atoms with van der Waals surface area (Å²) in [4.78, 5) is 22.7. The lowest BCUT2D eigenvalue weighted by atomic mass is 10.2. The highest BCUT2D eigenvalue weighted by Crippen LogP contribution is 2.38. The van der Waals surface area contributed by atoms with E-state index in [9.17, 15) is 14.9 Å². The first-order valence-corrected chi connectivity index (χ1v) is 9.05. The molecule has 1 aromatic heterocycles. The van der Waals surface area contributed by atoms with Crippen LogP contribution in [0.2, 0.25) is 5.02 Å². The van der Waals surface area contributed by atoms with E-state index in [1.54, 1.807) is 30.5 Å². The van der Waals surface area contributed by atoms with Crippen LogP contribution < -0.4 is 14.8 Å². The fraction of sp³-hybridized carbons (Fsp3) is 0.158. The van der Waals surface area contributed by atoms with Crippen LogP contribution >= 0.6 is 11.6 Å². The van der Waals surface area contributed by atoms with Crippen LogP contribution in [0.1, 0.15) is 15.9 Å². The van der Waals surface area contributed by atoms with Crippen LogP contribution in [0.3, 0.4) is 0 Å². The zero-order valence-corrected chi connectivity index (χ0v) is 15.8. The molecule has 0 unspecified atom stereocenters. The van der Waals surface area contributed by atoms with Crippen LogP contribution in [0, 0.1) is 10.1 Å². The average molecular weight is 415 g/mol. The van der Waals surface area contributed by atoms with Crippen LogP contribution in [0.5, 0.6) is 11.5 Å². The standard InChI is InChI=1S/C19H15ClN4O5/c20-16-7-12(8-17-18(16)29-6-5-28-17)9-21-19(25)13-10-22-23(11-13)14-1-3-15(4-2-14)24(26)27/h1-4,7-8,10-11H,5-6,9H2,(H,21,25). The van der Waals surface area contributed by atoms with Crippen molar-refractivity contribution in [2.75, 3.05) is 13.2 Å². The van der Waals surface area contributed by atoms with E-state index in [1.807, 2.05) is 0 Å². The summed E-state index contributed by atoms with van der Waals surface area (Å²) in [7, 11) is 0. The minimum atomic E-state index is -0.476. The summed E-state index contributed by atoms with van der Waals surface area (Å²) in [6.07, 6.45) is 2.97. The minimum Gasteiger partial charge on any atom is -0.486 e. The Kier molecular flexibility index (Phi) is 5.05. The minimum absolute atomic E-state index is 0.0167. The summed E-state index contributed by atoms with van der Waals surface area (Å²) < 4.78 is 12.5. The SMILES string of the molecule is O=C(NCc1cc(Cl)c2c(c1)OCCO2)c1cnn(-c2ccc([N+](=O)[O-])cc2)c1. The third-order valence-electron chi connectivity index (χ3n) is 4.28. The van der Waals surface area contributed by atoms with Crippen molar-refractivity contribution in [3.63, 3.8) is 0 Å². The van der Waals surface area contributed by atoms with Crippen molar-refractivity contribution in [1.29, 1.82) is 0 Å². The van der Waals surface area contributed by atoms with Gasteiger partial charge in [-0.3, -0.25) is 14.9 Å². The summed E-state index contributed by atoms with van der Waals surface area (Å²) >= 11 is 6.21. The van der Waals surface area contributed by atoms with Crippen molar-refractivity contribution in [1.82, 2.24) is 15.1 Å². The fourth-order valence-corrected chi connectivity index (χ4v) is 3.15. The second-order valence-electron chi connectivity index (χ2n) is 6.23. The number of halogens is 1. The van der Waals surface area contributed by atoms with Crippen molar-refractivity contribution >= 4 is 23.2 Å². The quantitative estimate of drug-likeness (QED) is 0.507. The van der Waals surface area contributed by atoms with E-state index in [0.717, 1.165) is 5.56 Å². The van der Waals surface area contributed by atoms with Crippen molar-refractivity contribution < 1.29 is 19.2 Å². The number of amides is 1. The maximum absolute atomic E-state index is 12.4. The molecule has 3 aromatic rings. The molecule has 0 saturated carbocycles. The second kappa shape index (κ2) is 7.80. The van der Waals surface area contributed by atoms with Crippen molar-refractivity contribution in [2.45, 2.75) is 6.54 Å². The zero-order valence-electron chi connectivity index (χ0n) is 15.0. The highest BCUT2D eigenvalue weighted by Gasteiger charge is 2.17. The van der Waals surface area contributed by atoms with E-state index in [1.165, 1.54) is 23.0 Å². The maximum Gasteiger partial charge on any atom is 0.269 e. The largest absolute Gasteiger partial charge is 0.486 e. The number of nitro benzene ring substituents is 1. The molecule has 29 heavy (non-hydrogen) atoms. The van der Waals surface area contributed by atoms with Gasteiger partial charge in [-0.15, -0.1) is 0 Å². The van der Waals surface area contributed by atoms with Gasteiger partial charge in [0.25, 0.3) is 11.6 Å². The molecular weight excluding hydrogens is 400 g/mol. The third kappa shape index (κ3) is 3.99. The lowest BCUT2D eigenvalue weighted by molar-refractivity contribution is -0.384. The van der Waals surface area contributed by atoms with Crippen LogP contribution in [-0.4, -0.2) is 33.8 Å². The molecular formula is C19H15ClN4O5. The van der Waals surface area contributed by atoms with Gasteiger partial charge in [-0.1, -0.05) is 11.6 Å². The van der Waals surface area contributed by atoms with Gasteiger partial charge >= 0.3 is 0 Å². The topological polar surface area (TPSA) is 109 Å². The van der Waals surface area contributed by atoms with E-state index in [-0.39, 0.29) is 18.1 Å². The number of aromatic nitrogens is 2. The summed E-state index contributed by atoms with van der Waals surface area (Å²) in [5, 5.41) is 18.1. The molecule has 2 aromatic carbocycles. The third-order valence-corrected chi connectivity index (χ3v) is 4.56. The Morgan fingerprint density at radius 3 is 2.76 bits per heavy atom. The van der Waals surface area contributed by atoms with E-state index < -0.39 is 4.92 Å². The zero-order chi connectivity index (χ0) is 20.4. The van der Waals surface area contributed by atoms with E-state index in [2.05, 4.69) is 10.4 Å². The molecule has 0 aliphatic carbocycles. The van der Waals surface area contributed by atoms with Gasteiger partial charge in [-0.05, 0) is 29.8 Å². The first-order valence-electron chi connectivity index (χ1n) is 8.67. The molecule has 0 radical (unpaired) electrons. The van der Waals surface area contributed by atoms with Crippen molar-refractivity contribution in [2.24, 2.45) is 0 Å². The molecule has 148 valence electrons. The average Bonchev–Trinajstić information content (AvgIpc) is 3.22. The molecule has 0 bridgehead atoms. The summed E-state index contributed by atoms with van der Waals surface area (Å²) in [6.45, 7) is 1.14. The number of nitro groups is 1. The lowest BCUT2D eigenvalue weighted by Gasteiger charge is -2.20. The number of carbonyl (C=O) groups is 1. The highest BCUT2D eigenvalue weighted by atomic mass is 35.5. The molecule has 2 heterocycles. The Labute approximate surface area is 170 Å². The molecule has 0 fully saturated rings. The Morgan fingerprint density at radius 1 is 1.24 bits per heavy atom. The number of rotatable bonds is 5. The fourth-order valence-electron chi connectivity index (χ4n) is 2.86. The molecule has 1 aliphatic rings. The second-order valence-corrected chi connectivity index (χ2v) is 6.64. The number of ether oxygens (including phenoxy) is 2. The first kappa shape index (κ1) is 18.8. The van der Waals surface area contributed by atoms with Gasteiger partial charge in [0.05, 0.1) is 27.4 Å². The van der Waals surface area contributed by atoms with Crippen LogP contribution in [0.4, 0.5) is 5.69 Å². The number of carbonyl (C=O) groups excluding carboxylic acids is 1. The number of nitrogens with zero attached hydrogens (tertiary/aromatic N) is 3. The number of non-ortho nitro benzene ring substituents is 1. The highest BCUT2D eigenvalue weighted by molar-refractivity contribution is 6.32. The first-order chi connectivity index (χ1) is 14.0. The monoisotopic (exact) mass is 414 g/mol. The van der Waals surface area contributed by atoms with Gasteiger partial charge in [-0.25, -0.2) is 4.68 Å². The van der Waals surface area contributed by atoms with Gasteiger partial charge in [0.2, 0.25) is 0 Å². The molecule has 0 atom stereocenters. The predicted molar refractivity (Wildman–Crippen MR) is 104 cm³/mol. The normalized spacial score (nSPS) is 12.4. The molecule has 1 aliphatic heterocycles. The molecule has 9 nitrogen and oxygen atoms in total. The molecule has 1 N–H and O–H groups in total. The Bertz CT molecular complexity index is 1080. The van der Waals surface area contributed by atoms with Crippen LogP contribution in [-0.2, 0) is 6.54 Å². The smallest absolute Gasteiger partial charge is 0.269 e. The molecule has 10 heteroatoms. The number of hydrogen-bond acceptors (Lipinski definition) is 6. The summed E-state index contributed by atoms with van der Waals surface area (Å²) in [6, 6.07) is 9.37. The maximum atomic E-state index is 12.4. The molecule has 1 amide bonds. The number of benzene rings is 2. The van der Waals surface area contributed by atoms with Gasteiger partial charge < -0.3 is 14.8 Å². The van der Waals surface area contributed by atoms with Crippen LogP contribution in [0.25, 0.3) is 5.69 Å². The summed E-state index contributed by atoms with van der Waals surface area (Å²) in [5.41, 5.74) is 1.72. The van der Waals surface area contributed by atoms with E-state index in [4.69, 9.17) is 21.1 Å². The van der Waals surface area contributed by atoms with Crippen LogP contribution in [0.15, 0.2) is 48.8 Å². The van der Waals surface area contributed by atoms with Gasteiger partial charge in [0, 0.05) is 24.9 Å². The predicted octanol–water partition coefficient (Wildman–Crippen LogP) is 3.14. The molecule has 4 rings (SSSR count). The Hall–Kier alpha value is -3.59.